The van der Waals surface area contributed by atoms with E-state index in [2.05, 4.69) is 35.9 Å². The van der Waals surface area contributed by atoms with Gasteiger partial charge in [-0.05, 0) is 28.0 Å². The Balaban J connectivity index is 2.86. The van der Waals surface area contributed by atoms with Crippen molar-refractivity contribution in [2.75, 3.05) is 6.61 Å². The van der Waals surface area contributed by atoms with Crippen LogP contribution in [0.5, 0.6) is 0 Å². The Morgan fingerprint density at radius 1 is 1.75 bits per heavy atom. The highest BCUT2D eigenvalue weighted by Crippen LogP contribution is 2.22. The van der Waals surface area contributed by atoms with Gasteiger partial charge < -0.3 is 4.52 Å². The lowest BCUT2D eigenvalue weighted by Crippen LogP contribution is -1.98. The Morgan fingerprint density at radius 2 is 2.38 bits per heavy atom. The smallest absolute Gasteiger partial charge is 0.0793 e. The molecule has 0 rings (SSSR count). The van der Waals surface area contributed by atoms with E-state index >= 15 is 0 Å². The Bertz CT molecular complexity index is 51.7. The molecule has 0 aromatic rings. The van der Waals surface area contributed by atoms with Crippen LogP contribution in [0.1, 0.15) is 20.3 Å². The van der Waals surface area contributed by atoms with Gasteiger partial charge in [0.2, 0.25) is 0 Å². The highest BCUT2D eigenvalue weighted by Gasteiger charge is 1.95. The van der Waals surface area contributed by atoms with Crippen LogP contribution in [-0.2, 0) is 4.52 Å². The van der Waals surface area contributed by atoms with Crippen molar-refractivity contribution in [3.63, 3.8) is 0 Å². The van der Waals surface area contributed by atoms with E-state index < -0.39 is 0 Å². The van der Waals surface area contributed by atoms with Crippen molar-refractivity contribution < 1.29 is 4.52 Å². The molecule has 0 aromatic carbocycles. The summed E-state index contributed by atoms with van der Waals surface area (Å²) in [5.74, 6) is 0.734. The van der Waals surface area contributed by atoms with Gasteiger partial charge in [0.15, 0.2) is 0 Å². The van der Waals surface area contributed by atoms with Crippen molar-refractivity contribution in [2.45, 2.75) is 20.3 Å². The maximum absolute atomic E-state index is 5.20. The van der Waals surface area contributed by atoms with Crippen molar-refractivity contribution in [1.29, 1.82) is 0 Å². The Morgan fingerprint density at radius 3 is 2.75 bits per heavy atom. The van der Waals surface area contributed by atoms with Crippen LogP contribution < -0.4 is 0 Å². The van der Waals surface area contributed by atoms with Gasteiger partial charge in [0.25, 0.3) is 0 Å². The van der Waals surface area contributed by atoms with E-state index in [-0.39, 0.29) is 0 Å². The zero-order chi connectivity index (χ0) is 6.41. The first-order valence-electron chi connectivity index (χ1n) is 2.78. The molecule has 3 heteroatoms. The summed E-state index contributed by atoms with van der Waals surface area (Å²) in [6.07, 6.45) is 1.22. The molecule has 0 aliphatic rings. The number of rotatable bonds is 4. The fraction of sp³-hybridized carbons (Fsp3) is 1.00. The molecule has 0 saturated carbocycles. The maximum Gasteiger partial charge on any atom is 0.0793 e. The molecule has 0 amide bonds. The van der Waals surface area contributed by atoms with E-state index in [0.717, 1.165) is 12.5 Å². The molecule has 0 radical (unpaired) electrons. The summed E-state index contributed by atoms with van der Waals surface area (Å²) < 4.78 is 5.20. The summed E-state index contributed by atoms with van der Waals surface area (Å²) >= 11 is 2.24. The molecular formula is C5H12IOP. The van der Waals surface area contributed by atoms with Crippen molar-refractivity contribution >= 4 is 28.5 Å². The summed E-state index contributed by atoms with van der Waals surface area (Å²) in [6.45, 7) is 5.94. The molecule has 2 unspecified atom stereocenters. The van der Waals surface area contributed by atoms with E-state index in [0.29, 0.717) is 6.45 Å². The monoisotopic (exact) mass is 246 g/mol. The largest absolute Gasteiger partial charge is 0.352 e. The summed E-state index contributed by atoms with van der Waals surface area (Å²) in [6, 6.07) is 0. The Hall–Kier alpha value is 1.12. The van der Waals surface area contributed by atoms with E-state index in [9.17, 15) is 0 Å². The molecular weight excluding hydrogens is 234 g/mol. The van der Waals surface area contributed by atoms with E-state index in [1.165, 1.54) is 6.42 Å². The van der Waals surface area contributed by atoms with Crippen LogP contribution in [0.15, 0.2) is 0 Å². The molecule has 0 saturated heterocycles. The maximum atomic E-state index is 5.20. The average Bonchev–Trinajstić information content (AvgIpc) is 1.83. The highest BCUT2D eigenvalue weighted by atomic mass is 127. The molecule has 0 aliphatic heterocycles. The van der Waals surface area contributed by atoms with Gasteiger partial charge in [-0.2, -0.15) is 0 Å². The zero-order valence-corrected chi connectivity index (χ0v) is 8.44. The van der Waals surface area contributed by atoms with Gasteiger partial charge in [0.1, 0.15) is 0 Å². The standard InChI is InChI=1S/C5H12IOP/c1-3-5(2)4-7-8-6/h5,8H,3-4H2,1-2H3. The van der Waals surface area contributed by atoms with Crippen LogP contribution in [-0.4, -0.2) is 6.61 Å². The lowest BCUT2D eigenvalue weighted by atomic mass is 10.1. The van der Waals surface area contributed by atoms with Crippen LogP contribution in [0.2, 0.25) is 0 Å². The first-order chi connectivity index (χ1) is 3.81. The lowest BCUT2D eigenvalue weighted by molar-refractivity contribution is 0.294. The summed E-state index contributed by atoms with van der Waals surface area (Å²) in [5, 5.41) is 0. The van der Waals surface area contributed by atoms with E-state index in [4.69, 9.17) is 4.52 Å². The predicted molar refractivity (Wildman–Crippen MR) is 47.7 cm³/mol. The minimum Gasteiger partial charge on any atom is -0.352 e. The highest BCUT2D eigenvalue weighted by molar-refractivity contribution is 14.2. The van der Waals surface area contributed by atoms with Crippen molar-refractivity contribution in [1.82, 2.24) is 0 Å². The zero-order valence-electron chi connectivity index (χ0n) is 5.28. The van der Waals surface area contributed by atoms with Gasteiger partial charge in [0, 0.05) is 0 Å². The summed E-state index contributed by atoms with van der Waals surface area (Å²) in [4.78, 5) is 0. The van der Waals surface area contributed by atoms with Crippen molar-refractivity contribution in [3.8, 4) is 0 Å². The molecule has 0 spiro atoms. The van der Waals surface area contributed by atoms with Crippen LogP contribution in [0.3, 0.4) is 0 Å². The minimum absolute atomic E-state index is 0.624. The Labute approximate surface area is 65.9 Å². The fourth-order valence-corrected chi connectivity index (χ4v) is 1.18. The predicted octanol–water partition coefficient (Wildman–Crippen LogP) is 2.99. The van der Waals surface area contributed by atoms with Gasteiger partial charge in [-0.15, -0.1) is 0 Å². The van der Waals surface area contributed by atoms with Gasteiger partial charge >= 0.3 is 0 Å². The van der Waals surface area contributed by atoms with Crippen LogP contribution in [0.4, 0.5) is 0 Å². The second-order valence-electron chi connectivity index (χ2n) is 1.90. The number of hydrogen-bond acceptors (Lipinski definition) is 1. The topological polar surface area (TPSA) is 9.23 Å². The SMILES string of the molecule is CCC(C)COPI. The molecule has 0 heterocycles. The first-order valence-corrected chi connectivity index (χ1v) is 6.81. The van der Waals surface area contributed by atoms with Gasteiger partial charge in [-0.1, -0.05) is 20.3 Å². The molecule has 50 valence electrons. The van der Waals surface area contributed by atoms with Crippen LogP contribution in [0.25, 0.3) is 0 Å². The molecule has 1 nitrogen and oxygen atoms in total. The molecule has 0 bridgehead atoms. The minimum atomic E-state index is 0.624. The molecule has 8 heavy (non-hydrogen) atoms. The van der Waals surface area contributed by atoms with Gasteiger partial charge in [0.05, 0.1) is 13.1 Å². The van der Waals surface area contributed by atoms with Crippen molar-refractivity contribution in [2.24, 2.45) is 5.92 Å². The second-order valence-corrected chi connectivity index (χ2v) is 3.67. The van der Waals surface area contributed by atoms with Crippen LogP contribution in [0, 0.1) is 5.92 Å². The third-order valence-corrected chi connectivity index (χ3v) is 2.33. The average molecular weight is 246 g/mol. The quantitative estimate of drug-likeness (QED) is 0.547. The fourth-order valence-electron chi connectivity index (χ4n) is 0.292. The van der Waals surface area contributed by atoms with Gasteiger partial charge in [-0.25, -0.2) is 0 Å². The van der Waals surface area contributed by atoms with Crippen molar-refractivity contribution in [3.05, 3.63) is 0 Å². The molecule has 0 aromatic heterocycles. The second kappa shape index (κ2) is 6.24. The van der Waals surface area contributed by atoms with Crippen LogP contribution >= 0.6 is 28.5 Å². The molecule has 0 aliphatic carbocycles. The van der Waals surface area contributed by atoms with E-state index in [1.807, 2.05) is 0 Å². The first kappa shape index (κ1) is 9.12. The summed E-state index contributed by atoms with van der Waals surface area (Å²) in [7, 11) is 0. The molecule has 0 N–H and O–H groups in total. The summed E-state index contributed by atoms with van der Waals surface area (Å²) in [5.41, 5.74) is 0. The number of halogens is 1. The Kier molecular flexibility index (Phi) is 7.12. The third-order valence-electron chi connectivity index (χ3n) is 1.12. The normalized spacial score (nSPS) is 15.4. The van der Waals surface area contributed by atoms with E-state index in [1.54, 1.807) is 0 Å². The number of hydrogen-bond donors (Lipinski definition) is 0. The third kappa shape index (κ3) is 5.26. The molecule has 0 fully saturated rings. The molecule has 2 atom stereocenters. The van der Waals surface area contributed by atoms with Gasteiger partial charge in [-0.3, -0.25) is 0 Å². The lowest BCUT2D eigenvalue weighted by Gasteiger charge is -2.05.